The van der Waals surface area contributed by atoms with Crippen molar-refractivity contribution in [3.8, 4) is 5.75 Å². The molecular weight excluding hydrogens is 222 g/mol. The minimum absolute atomic E-state index is 0.196. The highest BCUT2D eigenvalue weighted by atomic mass is 16.5. The molecule has 6 nitrogen and oxygen atoms in total. The van der Waals surface area contributed by atoms with Gasteiger partial charge in [0.1, 0.15) is 24.6 Å². The summed E-state index contributed by atoms with van der Waals surface area (Å²) in [5, 5.41) is 16.0. The van der Waals surface area contributed by atoms with Crippen LogP contribution in [0.5, 0.6) is 5.75 Å². The third kappa shape index (κ3) is 3.30. The highest BCUT2D eigenvalue weighted by Crippen LogP contribution is 2.10. The van der Waals surface area contributed by atoms with Crippen LogP contribution in [0.15, 0.2) is 36.5 Å². The first-order chi connectivity index (χ1) is 8.24. The molecule has 2 rings (SSSR count). The highest BCUT2D eigenvalue weighted by Gasteiger charge is 2.04. The van der Waals surface area contributed by atoms with Gasteiger partial charge in [0, 0.05) is 0 Å². The molecule has 0 saturated carbocycles. The second-order valence-electron chi connectivity index (χ2n) is 3.40. The van der Waals surface area contributed by atoms with Crippen LogP contribution in [-0.2, 0) is 17.9 Å². The molecule has 0 amide bonds. The van der Waals surface area contributed by atoms with Crippen molar-refractivity contribution in [2.45, 2.75) is 13.2 Å². The van der Waals surface area contributed by atoms with Crippen LogP contribution in [0.1, 0.15) is 5.69 Å². The van der Waals surface area contributed by atoms with E-state index >= 15 is 0 Å². The zero-order valence-corrected chi connectivity index (χ0v) is 8.98. The molecule has 1 aromatic heterocycles. The second-order valence-corrected chi connectivity index (χ2v) is 3.40. The molecule has 0 bridgehead atoms. The van der Waals surface area contributed by atoms with Crippen molar-refractivity contribution >= 4 is 5.97 Å². The van der Waals surface area contributed by atoms with Gasteiger partial charge >= 0.3 is 5.97 Å². The molecule has 0 aliphatic rings. The molecule has 0 aliphatic carbocycles. The first-order valence-electron chi connectivity index (χ1n) is 5.03. The molecule has 1 aromatic carbocycles. The van der Waals surface area contributed by atoms with Gasteiger partial charge < -0.3 is 9.84 Å². The standard InChI is InChI=1S/C11H11N3O3/c15-11(16)7-14-6-9(12-13-14)8-17-10-4-2-1-3-5-10/h1-6H,7-8H2,(H,15,16). The normalized spacial score (nSPS) is 10.1. The van der Waals surface area contributed by atoms with Crippen LogP contribution in [0.25, 0.3) is 0 Å². The van der Waals surface area contributed by atoms with Gasteiger partial charge in [-0.2, -0.15) is 0 Å². The molecule has 0 unspecified atom stereocenters. The van der Waals surface area contributed by atoms with Crippen molar-refractivity contribution in [3.63, 3.8) is 0 Å². The topological polar surface area (TPSA) is 77.2 Å². The highest BCUT2D eigenvalue weighted by molar-refractivity contribution is 5.66. The quantitative estimate of drug-likeness (QED) is 0.831. The Hall–Kier alpha value is -2.37. The molecule has 2 aromatic rings. The van der Waals surface area contributed by atoms with Crippen molar-refractivity contribution in [1.29, 1.82) is 0 Å². The smallest absolute Gasteiger partial charge is 0.325 e. The summed E-state index contributed by atoms with van der Waals surface area (Å²) >= 11 is 0. The number of hydrogen-bond donors (Lipinski definition) is 1. The van der Waals surface area contributed by atoms with Gasteiger partial charge in [-0.3, -0.25) is 4.79 Å². The molecule has 0 fully saturated rings. The van der Waals surface area contributed by atoms with Crippen LogP contribution < -0.4 is 4.74 Å². The van der Waals surface area contributed by atoms with Gasteiger partial charge in [0.2, 0.25) is 0 Å². The van der Waals surface area contributed by atoms with E-state index in [4.69, 9.17) is 9.84 Å². The van der Waals surface area contributed by atoms with Gasteiger partial charge in [-0.15, -0.1) is 5.10 Å². The fourth-order valence-electron chi connectivity index (χ4n) is 1.29. The molecule has 6 heteroatoms. The fraction of sp³-hybridized carbons (Fsp3) is 0.182. The van der Waals surface area contributed by atoms with E-state index in [0.29, 0.717) is 5.69 Å². The number of hydrogen-bond acceptors (Lipinski definition) is 4. The number of benzene rings is 1. The second kappa shape index (κ2) is 5.11. The van der Waals surface area contributed by atoms with E-state index in [1.807, 2.05) is 30.3 Å². The Morgan fingerprint density at radius 1 is 1.35 bits per heavy atom. The first-order valence-corrected chi connectivity index (χ1v) is 5.03. The zero-order valence-electron chi connectivity index (χ0n) is 8.98. The minimum Gasteiger partial charge on any atom is -0.487 e. The Morgan fingerprint density at radius 3 is 2.82 bits per heavy atom. The lowest BCUT2D eigenvalue weighted by Gasteiger charge is -2.02. The number of aromatic nitrogens is 3. The van der Waals surface area contributed by atoms with Crippen molar-refractivity contribution < 1.29 is 14.6 Å². The largest absolute Gasteiger partial charge is 0.487 e. The number of para-hydroxylation sites is 1. The van der Waals surface area contributed by atoms with E-state index in [9.17, 15) is 4.79 Å². The van der Waals surface area contributed by atoms with Gasteiger partial charge in [-0.05, 0) is 12.1 Å². The molecule has 0 spiro atoms. The molecule has 1 N–H and O–H groups in total. The van der Waals surface area contributed by atoms with Gasteiger partial charge in [0.15, 0.2) is 0 Å². The lowest BCUT2D eigenvalue weighted by molar-refractivity contribution is -0.137. The predicted octanol–water partition coefficient (Wildman–Crippen LogP) is 0.942. The maximum atomic E-state index is 10.4. The van der Waals surface area contributed by atoms with E-state index < -0.39 is 5.97 Å². The number of carboxylic acids is 1. The van der Waals surface area contributed by atoms with E-state index in [1.54, 1.807) is 6.20 Å². The van der Waals surface area contributed by atoms with Crippen LogP contribution in [0.2, 0.25) is 0 Å². The average Bonchev–Trinajstić information content (AvgIpc) is 2.75. The molecule has 1 heterocycles. The number of aliphatic carboxylic acids is 1. The van der Waals surface area contributed by atoms with Crippen LogP contribution in [0.3, 0.4) is 0 Å². The van der Waals surface area contributed by atoms with Crippen LogP contribution in [-0.4, -0.2) is 26.1 Å². The maximum absolute atomic E-state index is 10.4. The lowest BCUT2D eigenvalue weighted by atomic mass is 10.3. The minimum atomic E-state index is -0.953. The Balaban J connectivity index is 1.91. The number of ether oxygens (including phenoxy) is 1. The Labute approximate surface area is 97.4 Å². The van der Waals surface area contributed by atoms with Gasteiger partial charge in [0.05, 0.1) is 6.20 Å². The third-order valence-electron chi connectivity index (χ3n) is 2.01. The Morgan fingerprint density at radius 2 is 2.12 bits per heavy atom. The summed E-state index contributed by atoms with van der Waals surface area (Å²) in [6, 6.07) is 9.31. The Bertz CT molecular complexity index is 496. The molecule has 0 saturated heterocycles. The monoisotopic (exact) mass is 233 g/mol. The fourth-order valence-corrected chi connectivity index (χ4v) is 1.29. The number of rotatable bonds is 5. The molecule has 0 atom stereocenters. The summed E-state index contributed by atoms with van der Waals surface area (Å²) in [5.41, 5.74) is 0.593. The summed E-state index contributed by atoms with van der Waals surface area (Å²) in [6.07, 6.45) is 1.55. The van der Waals surface area contributed by atoms with Crippen LogP contribution in [0, 0.1) is 0 Å². The summed E-state index contributed by atoms with van der Waals surface area (Å²) in [7, 11) is 0. The lowest BCUT2D eigenvalue weighted by Crippen LogP contribution is -2.08. The molecule has 0 aliphatic heterocycles. The average molecular weight is 233 g/mol. The number of nitrogens with zero attached hydrogens (tertiary/aromatic N) is 3. The third-order valence-corrected chi connectivity index (χ3v) is 2.01. The zero-order chi connectivity index (χ0) is 12.1. The molecule has 17 heavy (non-hydrogen) atoms. The van der Waals surface area contributed by atoms with Gasteiger partial charge in [-0.1, -0.05) is 23.4 Å². The van der Waals surface area contributed by atoms with E-state index in [1.165, 1.54) is 4.68 Å². The van der Waals surface area contributed by atoms with E-state index in [-0.39, 0.29) is 13.2 Å². The van der Waals surface area contributed by atoms with E-state index in [0.717, 1.165) is 5.75 Å². The van der Waals surface area contributed by atoms with Gasteiger partial charge in [-0.25, -0.2) is 4.68 Å². The number of carboxylic acid groups (broad SMARTS) is 1. The number of carbonyl (C=O) groups is 1. The van der Waals surface area contributed by atoms with Crippen LogP contribution >= 0.6 is 0 Å². The molecule has 88 valence electrons. The summed E-state index contributed by atoms with van der Waals surface area (Å²) in [4.78, 5) is 10.4. The van der Waals surface area contributed by atoms with Crippen molar-refractivity contribution in [3.05, 3.63) is 42.2 Å². The summed E-state index contributed by atoms with van der Waals surface area (Å²) in [6.45, 7) is 0.0714. The molecule has 0 radical (unpaired) electrons. The van der Waals surface area contributed by atoms with Gasteiger partial charge in [0.25, 0.3) is 0 Å². The van der Waals surface area contributed by atoms with Crippen LogP contribution in [0.4, 0.5) is 0 Å². The summed E-state index contributed by atoms with van der Waals surface area (Å²) in [5.74, 6) is -0.217. The maximum Gasteiger partial charge on any atom is 0.325 e. The van der Waals surface area contributed by atoms with Crippen molar-refractivity contribution in [1.82, 2.24) is 15.0 Å². The van der Waals surface area contributed by atoms with Crippen molar-refractivity contribution in [2.24, 2.45) is 0 Å². The Kier molecular flexibility index (Phi) is 3.34. The first kappa shape index (κ1) is 11.1. The van der Waals surface area contributed by atoms with E-state index in [2.05, 4.69) is 10.3 Å². The van der Waals surface area contributed by atoms with Crippen molar-refractivity contribution in [2.75, 3.05) is 0 Å². The summed E-state index contributed by atoms with van der Waals surface area (Å²) < 4.78 is 6.70. The molecular formula is C11H11N3O3. The SMILES string of the molecule is O=C(O)Cn1cc(COc2ccccc2)nn1. The predicted molar refractivity (Wildman–Crippen MR) is 58.4 cm³/mol.